The van der Waals surface area contributed by atoms with E-state index in [1.54, 1.807) is 0 Å². The molecule has 0 saturated heterocycles. The Morgan fingerprint density at radius 1 is 1.00 bits per heavy atom. The summed E-state index contributed by atoms with van der Waals surface area (Å²) in [6.07, 6.45) is 0. The van der Waals surface area contributed by atoms with Crippen molar-refractivity contribution in [3.05, 3.63) is 64.1 Å². The van der Waals surface area contributed by atoms with Crippen LogP contribution in [0.2, 0.25) is 0 Å². The third kappa shape index (κ3) is 2.89. The summed E-state index contributed by atoms with van der Waals surface area (Å²) in [6.45, 7) is 0. The number of hydrogen-bond donors (Lipinski definition) is 1. The minimum absolute atomic E-state index is 0.103. The van der Waals surface area contributed by atoms with E-state index in [0.717, 1.165) is 20.5 Å². The zero-order valence-corrected chi connectivity index (χ0v) is 13.2. The monoisotopic (exact) mass is 359 g/mol. The van der Waals surface area contributed by atoms with Gasteiger partial charge in [-0.2, -0.15) is 0 Å². The summed E-state index contributed by atoms with van der Waals surface area (Å²) < 4.78 is 0.973. The number of rotatable bonds is 3. The van der Waals surface area contributed by atoms with E-state index in [4.69, 9.17) is 0 Å². The largest absolute Gasteiger partial charge is 0.476 e. The number of nitrogens with zero attached hydrogens (tertiary/aromatic N) is 1. The molecule has 0 aliphatic heterocycles. The summed E-state index contributed by atoms with van der Waals surface area (Å²) in [4.78, 5) is 16.4. The van der Waals surface area contributed by atoms with Crippen molar-refractivity contribution in [3.8, 4) is 21.7 Å². The maximum atomic E-state index is 11.2. The van der Waals surface area contributed by atoms with Gasteiger partial charge in [-0.15, -0.1) is 11.3 Å². The molecule has 0 aliphatic rings. The van der Waals surface area contributed by atoms with Crippen LogP contribution in [0.15, 0.2) is 59.1 Å². The van der Waals surface area contributed by atoms with Crippen molar-refractivity contribution >= 4 is 33.2 Å². The van der Waals surface area contributed by atoms with Crippen molar-refractivity contribution < 1.29 is 9.90 Å². The van der Waals surface area contributed by atoms with Crippen LogP contribution in [-0.4, -0.2) is 16.1 Å². The maximum absolute atomic E-state index is 11.2. The van der Waals surface area contributed by atoms with Crippen LogP contribution in [0.4, 0.5) is 0 Å². The molecule has 1 heterocycles. The fraction of sp³-hybridized carbons (Fsp3) is 0. The molecular formula is C16H10BrNO2S. The lowest BCUT2D eigenvalue weighted by Crippen LogP contribution is -1.94. The van der Waals surface area contributed by atoms with E-state index in [1.165, 1.54) is 11.3 Å². The number of aromatic carboxylic acids is 1. The highest BCUT2D eigenvalue weighted by molar-refractivity contribution is 9.10. The summed E-state index contributed by atoms with van der Waals surface area (Å²) in [5, 5.41) is 9.30. The van der Waals surface area contributed by atoms with Crippen LogP contribution in [0, 0.1) is 0 Å². The molecule has 0 fully saturated rings. The molecule has 21 heavy (non-hydrogen) atoms. The Labute approximate surface area is 134 Å². The van der Waals surface area contributed by atoms with Crippen molar-refractivity contribution in [2.75, 3.05) is 0 Å². The molecule has 2 aromatic carbocycles. The van der Waals surface area contributed by atoms with E-state index >= 15 is 0 Å². The Hall–Kier alpha value is -1.98. The minimum Gasteiger partial charge on any atom is -0.476 e. The zero-order chi connectivity index (χ0) is 14.8. The van der Waals surface area contributed by atoms with Crippen LogP contribution in [0.5, 0.6) is 0 Å². The molecule has 0 aliphatic carbocycles. The molecule has 104 valence electrons. The Morgan fingerprint density at radius 2 is 1.67 bits per heavy atom. The first kappa shape index (κ1) is 14.0. The molecule has 0 radical (unpaired) electrons. The predicted octanol–water partition coefficient (Wildman–Crippen LogP) is 4.94. The van der Waals surface area contributed by atoms with Crippen LogP contribution in [0.25, 0.3) is 21.7 Å². The molecule has 3 nitrogen and oxygen atoms in total. The summed E-state index contributed by atoms with van der Waals surface area (Å²) in [7, 11) is 0. The van der Waals surface area contributed by atoms with Crippen LogP contribution in [0.1, 0.15) is 9.80 Å². The van der Waals surface area contributed by atoms with E-state index < -0.39 is 5.97 Å². The first-order valence-electron chi connectivity index (χ1n) is 6.20. The summed E-state index contributed by atoms with van der Waals surface area (Å²) in [6, 6.07) is 17.4. The number of thiazole rings is 1. The average Bonchev–Trinajstić information content (AvgIpc) is 2.94. The van der Waals surface area contributed by atoms with Gasteiger partial charge in [-0.3, -0.25) is 0 Å². The topological polar surface area (TPSA) is 50.2 Å². The Morgan fingerprint density at radius 3 is 2.29 bits per heavy atom. The second-order valence-corrected chi connectivity index (χ2v) is 6.29. The summed E-state index contributed by atoms with van der Waals surface area (Å²) >= 11 is 4.60. The van der Waals surface area contributed by atoms with E-state index in [2.05, 4.69) is 20.9 Å². The molecule has 1 aromatic heterocycles. The predicted molar refractivity (Wildman–Crippen MR) is 87.6 cm³/mol. The number of aromatic nitrogens is 1. The number of carbonyl (C=O) groups is 1. The van der Waals surface area contributed by atoms with Crippen LogP contribution in [-0.2, 0) is 0 Å². The third-order valence-electron chi connectivity index (χ3n) is 2.96. The first-order chi connectivity index (χ1) is 10.1. The smallest absolute Gasteiger partial charge is 0.365 e. The van der Waals surface area contributed by atoms with Gasteiger partial charge in [0.25, 0.3) is 0 Å². The van der Waals surface area contributed by atoms with Gasteiger partial charge in [-0.25, -0.2) is 9.78 Å². The van der Waals surface area contributed by atoms with Crippen LogP contribution < -0.4 is 0 Å². The number of carboxylic acid groups (broad SMARTS) is 1. The van der Waals surface area contributed by atoms with E-state index in [9.17, 15) is 9.90 Å². The normalized spacial score (nSPS) is 10.5. The molecule has 3 rings (SSSR count). The van der Waals surface area contributed by atoms with Crippen LogP contribution >= 0.6 is 27.3 Å². The number of hydrogen-bond acceptors (Lipinski definition) is 3. The Bertz CT molecular complexity index is 782. The van der Waals surface area contributed by atoms with E-state index in [1.807, 2.05) is 54.6 Å². The molecule has 1 N–H and O–H groups in total. The van der Waals surface area contributed by atoms with E-state index in [-0.39, 0.29) is 5.01 Å². The van der Waals surface area contributed by atoms with Gasteiger partial charge in [-0.05, 0) is 17.7 Å². The third-order valence-corrected chi connectivity index (χ3v) is 4.58. The standard InChI is InChI=1S/C16H10BrNO2S/c17-12-8-6-10(7-9-12)13-14(11-4-2-1-3-5-11)21-15(18-13)16(19)20/h1-9H,(H,19,20). The molecule has 0 bridgehead atoms. The fourth-order valence-electron chi connectivity index (χ4n) is 2.00. The van der Waals surface area contributed by atoms with Gasteiger partial charge in [-0.1, -0.05) is 58.4 Å². The highest BCUT2D eigenvalue weighted by atomic mass is 79.9. The van der Waals surface area contributed by atoms with Gasteiger partial charge < -0.3 is 5.11 Å². The molecule has 0 unspecified atom stereocenters. The van der Waals surface area contributed by atoms with Gasteiger partial charge in [0.15, 0.2) is 0 Å². The second-order valence-electron chi connectivity index (χ2n) is 4.37. The van der Waals surface area contributed by atoms with Crippen molar-refractivity contribution in [2.45, 2.75) is 0 Å². The fourth-order valence-corrected chi connectivity index (χ4v) is 3.20. The molecule has 0 atom stereocenters. The van der Waals surface area contributed by atoms with Gasteiger partial charge in [0.2, 0.25) is 5.01 Å². The van der Waals surface area contributed by atoms with Gasteiger partial charge in [0, 0.05) is 10.0 Å². The molecule has 0 spiro atoms. The maximum Gasteiger partial charge on any atom is 0.365 e. The lowest BCUT2D eigenvalue weighted by atomic mass is 10.1. The number of benzene rings is 2. The highest BCUT2D eigenvalue weighted by Crippen LogP contribution is 2.37. The quantitative estimate of drug-likeness (QED) is 0.720. The molecule has 0 saturated carbocycles. The van der Waals surface area contributed by atoms with Gasteiger partial charge in [0.05, 0.1) is 10.6 Å². The molecule has 5 heteroatoms. The van der Waals surface area contributed by atoms with Crippen molar-refractivity contribution in [3.63, 3.8) is 0 Å². The highest BCUT2D eigenvalue weighted by Gasteiger charge is 2.18. The summed E-state index contributed by atoms with van der Waals surface area (Å²) in [5.74, 6) is -0.999. The van der Waals surface area contributed by atoms with Gasteiger partial charge >= 0.3 is 5.97 Å². The molecular weight excluding hydrogens is 350 g/mol. The van der Waals surface area contributed by atoms with Crippen LogP contribution in [0.3, 0.4) is 0 Å². The lowest BCUT2D eigenvalue weighted by Gasteiger charge is -2.02. The SMILES string of the molecule is O=C(O)c1nc(-c2ccc(Br)cc2)c(-c2ccccc2)s1. The zero-order valence-electron chi connectivity index (χ0n) is 10.8. The second kappa shape index (κ2) is 5.79. The minimum atomic E-state index is -0.999. The lowest BCUT2D eigenvalue weighted by molar-refractivity contribution is 0.0696. The number of carboxylic acids is 1. The molecule has 3 aromatic rings. The van der Waals surface area contributed by atoms with Crippen molar-refractivity contribution in [1.82, 2.24) is 4.98 Å². The van der Waals surface area contributed by atoms with Gasteiger partial charge in [0.1, 0.15) is 0 Å². The van der Waals surface area contributed by atoms with Crippen molar-refractivity contribution in [2.24, 2.45) is 0 Å². The number of halogens is 1. The summed E-state index contributed by atoms with van der Waals surface area (Å²) in [5.41, 5.74) is 2.58. The Kier molecular flexibility index (Phi) is 3.86. The Balaban J connectivity index is 2.19. The molecule has 0 amide bonds. The van der Waals surface area contributed by atoms with Crippen molar-refractivity contribution in [1.29, 1.82) is 0 Å². The first-order valence-corrected chi connectivity index (χ1v) is 7.81. The average molecular weight is 360 g/mol. The van der Waals surface area contributed by atoms with E-state index in [0.29, 0.717) is 5.69 Å².